The van der Waals surface area contributed by atoms with E-state index >= 15 is 0 Å². The summed E-state index contributed by atoms with van der Waals surface area (Å²) in [5, 5.41) is 2.92. The maximum Gasteiger partial charge on any atom is 0.260 e. The fraction of sp³-hybridized carbons (Fsp3) is 0.350. The van der Waals surface area contributed by atoms with Gasteiger partial charge in [-0.25, -0.2) is 0 Å². The average Bonchev–Trinajstić information content (AvgIpc) is 2.59. The Hall–Kier alpha value is -2.49. The van der Waals surface area contributed by atoms with Gasteiger partial charge < -0.3 is 14.8 Å². The van der Waals surface area contributed by atoms with Crippen LogP contribution in [0.4, 0.5) is 0 Å². The second-order valence-corrected chi connectivity index (χ2v) is 5.82. The van der Waals surface area contributed by atoms with E-state index in [2.05, 4.69) is 5.32 Å². The largest absolute Gasteiger partial charge is 0.497 e. The van der Waals surface area contributed by atoms with Gasteiger partial charge in [0.05, 0.1) is 7.11 Å². The van der Waals surface area contributed by atoms with Gasteiger partial charge in [0.15, 0.2) is 6.10 Å². The third-order valence-corrected chi connectivity index (χ3v) is 3.77. The van der Waals surface area contributed by atoms with Gasteiger partial charge in [-0.2, -0.15) is 0 Å². The molecule has 0 fully saturated rings. The Morgan fingerprint density at radius 1 is 1.12 bits per heavy atom. The van der Waals surface area contributed by atoms with Crippen molar-refractivity contribution < 1.29 is 14.3 Å². The van der Waals surface area contributed by atoms with Gasteiger partial charge >= 0.3 is 0 Å². The van der Waals surface area contributed by atoms with Gasteiger partial charge in [0.25, 0.3) is 5.91 Å². The summed E-state index contributed by atoms with van der Waals surface area (Å²) < 4.78 is 10.8. The third kappa shape index (κ3) is 5.61. The monoisotopic (exact) mass is 327 g/mol. The number of hydrogen-bond donors (Lipinski definition) is 1. The summed E-state index contributed by atoms with van der Waals surface area (Å²) in [5.41, 5.74) is 2.34. The molecule has 2 aromatic rings. The van der Waals surface area contributed by atoms with Crippen molar-refractivity contribution >= 4 is 5.91 Å². The van der Waals surface area contributed by atoms with Crippen LogP contribution < -0.4 is 14.8 Å². The number of nitrogens with one attached hydrogen (secondary N) is 1. The summed E-state index contributed by atoms with van der Waals surface area (Å²) in [6.07, 6.45) is 1.29. The van der Waals surface area contributed by atoms with Crippen LogP contribution in [0.15, 0.2) is 48.5 Å². The second kappa shape index (κ2) is 8.96. The first-order chi connectivity index (χ1) is 11.6. The maximum absolute atomic E-state index is 12.1. The van der Waals surface area contributed by atoms with Gasteiger partial charge in [0, 0.05) is 6.54 Å². The lowest BCUT2D eigenvalue weighted by atomic mass is 10.1. The lowest BCUT2D eigenvalue weighted by molar-refractivity contribution is -0.127. The van der Waals surface area contributed by atoms with E-state index in [1.807, 2.05) is 55.5 Å². The predicted octanol–water partition coefficient (Wildman–Crippen LogP) is 3.52. The molecular weight excluding hydrogens is 302 g/mol. The molecule has 1 atom stereocenters. The Morgan fingerprint density at radius 2 is 1.88 bits per heavy atom. The lowest BCUT2D eigenvalue weighted by Gasteiger charge is -2.15. The molecule has 2 rings (SSSR count). The number of ether oxygens (including phenoxy) is 2. The van der Waals surface area contributed by atoms with Crippen molar-refractivity contribution in [3.8, 4) is 11.5 Å². The van der Waals surface area contributed by atoms with Crippen molar-refractivity contribution in [2.24, 2.45) is 0 Å². The van der Waals surface area contributed by atoms with E-state index in [1.54, 1.807) is 14.0 Å². The molecule has 0 saturated heterocycles. The molecule has 128 valence electrons. The SMILES string of the molecule is COc1ccc(CCCNC(=O)[C@H](C)Oc2cccc(C)c2)cc1. The molecule has 0 spiro atoms. The fourth-order valence-electron chi connectivity index (χ4n) is 2.39. The summed E-state index contributed by atoms with van der Waals surface area (Å²) in [6, 6.07) is 15.7. The standard InChI is InChI=1S/C20H25NO3/c1-15-6-4-8-19(14-15)24-16(2)20(22)21-13-5-7-17-9-11-18(23-3)12-10-17/h4,6,8-12,14,16H,5,7,13H2,1-3H3,(H,21,22)/t16-/m0/s1. The number of methoxy groups -OCH3 is 1. The van der Waals surface area contributed by atoms with Crippen molar-refractivity contribution in [1.82, 2.24) is 5.32 Å². The molecule has 0 aliphatic heterocycles. The van der Waals surface area contributed by atoms with E-state index in [9.17, 15) is 4.79 Å². The molecule has 1 amide bonds. The fourth-order valence-corrected chi connectivity index (χ4v) is 2.39. The lowest BCUT2D eigenvalue weighted by Crippen LogP contribution is -2.36. The number of rotatable bonds is 8. The minimum Gasteiger partial charge on any atom is -0.497 e. The summed E-state index contributed by atoms with van der Waals surface area (Å²) in [7, 11) is 1.66. The van der Waals surface area contributed by atoms with E-state index in [0.717, 1.165) is 29.9 Å². The summed E-state index contributed by atoms with van der Waals surface area (Å²) in [6.45, 7) is 4.39. The van der Waals surface area contributed by atoms with Gasteiger partial charge in [-0.1, -0.05) is 24.3 Å². The number of benzene rings is 2. The Morgan fingerprint density at radius 3 is 2.54 bits per heavy atom. The molecule has 0 radical (unpaired) electrons. The van der Waals surface area contributed by atoms with Crippen LogP contribution in [0.5, 0.6) is 11.5 Å². The Kier molecular flexibility index (Phi) is 6.67. The zero-order valence-electron chi connectivity index (χ0n) is 14.5. The molecule has 0 aromatic heterocycles. The highest BCUT2D eigenvalue weighted by atomic mass is 16.5. The smallest absolute Gasteiger partial charge is 0.260 e. The molecule has 1 N–H and O–H groups in total. The van der Waals surface area contributed by atoms with E-state index < -0.39 is 6.10 Å². The average molecular weight is 327 g/mol. The molecule has 0 saturated carbocycles. The van der Waals surface area contributed by atoms with Gasteiger partial charge in [-0.3, -0.25) is 4.79 Å². The zero-order valence-corrected chi connectivity index (χ0v) is 14.5. The third-order valence-electron chi connectivity index (χ3n) is 3.77. The molecule has 24 heavy (non-hydrogen) atoms. The van der Waals surface area contributed by atoms with Crippen molar-refractivity contribution in [1.29, 1.82) is 0 Å². The number of amides is 1. The number of aryl methyl sites for hydroxylation is 2. The molecule has 0 heterocycles. The number of hydrogen-bond acceptors (Lipinski definition) is 3. The predicted molar refractivity (Wildman–Crippen MR) is 95.6 cm³/mol. The normalized spacial score (nSPS) is 11.6. The van der Waals surface area contributed by atoms with Crippen molar-refractivity contribution in [3.05, 3.63) is 59.7 Å². The van der Waals surface area contributed by atoms with Crippen LogP contribution in [-0.2, 0) is 11.2 Å². The molecule has 4 nitrogen and oxygen atoms in total. The Labute approximate surface area is 143 Å². The highest BCUT2D eigenvalue weighted by Gasteiger charge is 2.13. The molecule has 0 aliphatic carbocycles. The summed E-state index contributed by atoms with van der Waals surface area (Å²) in [4.78, 5) is 12.1. The first kappa shape index (κ1) is 17.9. The van der Waals surface area contributed by atoms with Crippen LogP contribution in [0.1, 0.15) is 24.5 Å². The first-order valence-corrected chi connectivity index (χ1v) is 8.22. The summed E-state index contributed by atoms with van der Waals surface area (Å²) in [5.74, 6) is 1.48. The Balaban J connectivity index is 1.70. The molecule has 0 bridgehead atoms. The van der Waals surface area contributed by atoms with E-state index in [1.165, 1.54) is 5.56 Å². The maximum atomic E-state index is 12.1. The van der Waals surface area contributed by atoms with Crippen LogP contribution in [0, 0.1) is 6.92 Å². The Bertz CT molecular complexity index is 652. The van der Waals surface area contributed by atoms with Crippen LogP contribution in [0.3, 0.4) is 0 Å². The van der Waals surface area contributed by atoms with Crippen LogP contribution in [0.2, 0.25) is 0 Å². The minimum absolute atomic E-state index is 0.0914. The van der Waals surface area contributed by atoms with E-state index in [0.29, 0.717) is 6.54 Å². The molecular formula is C20H25NO3. The quantitative estimate of drug-likeness (QED) is 0.755. The van der Waals surface area contributed by atoms with Crippen molar-refractivity contribution in [2.75, 3.05) is 13.7 Å². The number of carbonyl (C=O) groups excluding carboxylic acids is 1. The summed E-state index contributed by atoms with van der Waals surface area (Å²) >= 11 is 0. The zero-order chi connectivity index (χ0) is 17.4. The highest BCUT2D eigenvalue weighted by Crippen LogP contribution is 2.14. The topological polar surface area (TPSA) is 47.6 Å². The van der Waals surface area contributed by atoms with Gasteiger partial charge in [0.2, 0.25) is 0 Å². The molecule has 0 unspecified atom stereocenters. The van der Waals surface area contributed by atoms with Crippen LogP contribution in [0.25, 0.3) is 0 Å². The van der Waals surface area contributed by atoms with Gasteiger partial charge in [0.1, 0.15) is 11.5 Å². The van der Waals surface area contributed by atoms with E-state index in [4.69, 9.17) is 9.47 Å². The van der Waals surface area contributed by atoms with Crippen molar-refractivity contribution in [3.63, 3.8) is 0 Å². The second-order valence-electron chi connectivity index (χ2n) is 5.82. The number of carbonyl (C=O) groups is 1. The van der Waals surface area contributed by atoms with Crippen molar-refractivity contribution in [2.45, 2.75) is 32.8 Å². The van der Waals surface area contributed by atoms with Gasteiger partial charge in [-0.05, 0) is 62.1 Å². The molecule has 4 heteroatoms. The van der Waals surface area contributed by atoms with Crippen LogP contribution in [-0.4, -0.2) is 25.7 Å². The van der Waals surface area contributed by atoms with Crippen LogP contribution >= 0.6 is 0 Å². The van der Waals surface area contributed by atoms with Gasteiger partial charge in [-0.15, -0.1) is 0 Å². The molecule has 2 aromatic carbocycles. The van der Waals surface area contributed by atoms with E-state index in [-0.39, 0.29) is 5.91 Å². The first-order valence-electron chi connectivity index (χ1n) is 8.22. The highest BCUT2D eigenvalue weighted by molar-refractivity contribution is 5.80. The minimum atomic E-state index is -0.507. The molecule has 0 aliphatic rings.